The summed E-state index contributed by atoms with van der Waals surface area (Å²) in [6, 6.07) is 9.99. The molecule has 156 valence electrons. The van der Waals surface area contributed by atoms with Gasteiger partial charge in [0.1, 0.15) is 0 Å². The Morgan fingerprint density at radius 1 is 1.20 bits per heavy atom. The van der Waals surface area contributed by atoms with Crippen LogP contribution in [0.25, 0.3) is 16.9 Å². The van der Waals surface area contributed by atoms with Crippen molar-refractivity contribution in [1.29, 1.82) is 0 Å². The van der Waals surface area contributed by atoms with Crippen molar-refractivity contribution < 1.29 is 17.9 Å². The number of ether oxygens (including phenoxy) is 1. The van der Waals surface area contributed by atoms with Gasteiger partial charge in [0.2, 0.25) is 0 Å². The molecule has 1 saturated heterocycles. The molecule has 1 amide bonds. The summed E-state index contributed by atoms with van der Waals surface area (Å²) in [5.74, 6) is -0.175. The van der Waals surface area contributed by atoms with Gasteiger partial charge in [0.25, 0.3) is 5.91 Å². The molecule has 8 nitrogen and oxygen atoms in total. The smallest absolute Gasteiger partial charge is 0.252 e. The molecule has 1 aromatic carbocycles. The van der Waals surface area contributed by atoms with Crippen molar-refractivity contribution in [3.8, 4) is 16.9 Å². The van der Waals surface area contributed by atoms with E-state index in [1.165, 1.54) is 6.26 Å². The predicted octanol–water partition coefficient (Wildman–Crippen LogP) is 2.25. The van der Waals surface area contributed by atoms with E-state index in [1.54, 1.807) is 59.7 Å². The van der Waals surface area contributed by atoms with Gasteiger partial charge in [-0.05, 0) is 49.2 Å². The lowest BCUT2D eigenvalue weighted by Crippen LogP contribution is -2.31. The third-order valence-corrected chi connectivity index (χ3v) is 6.08. The van der Waals surface area contributed by atoms with E-state index in [4.69, 9.17) is 4.74 Å². The van der Waals surface area contributed by atoms with E-state index in [9.17, 15) is 13.2 Å². The summed E-state index contributed by atoms with van der Waals surface area (Å²) in [5, 5.41) is 7.20. The number of hydrogen-bond acceptors (Lipinski definition) is 6. The Morgan fingerprint density at radius 3 is 2.63 bits per heavy atom. The van der Waals surface area contributed by atoms with Gasteiger partial charge in [-0.2, -0.15) is 5.10 Å². The molecule has 1 fully saturated rings. The number of carbonyl (C=O) groups excluding carboxylic acids is 1. The lowest BCUT2D eigenvalue weighted by molar-refractivity contribution is 0.0857. The Kier molecular flexibility index (Phi) is 5.65. The van der Waals surface area contributed by atoms with Crippen LogP contribution in [0.4, 0.5) is 0 Å². The molecule has 0 saturated carbocycles. The zero-order valence-corrected chi connectivity index (χ0v) is 17.3. The van der Waals surface area contributed by atoms with Crippen molar-refractivity contribution in [3.63, 3.8) is 0 Å². The lowest BCUT2D eigenvalue weighted by atomic mass is 10.2. The number of benzene rings is 1. The number of amides is 1. The summed E-state index contributed by atoms with van der Waals surface area (Å²) in [4.78, 5) is 16.9. The number of pyridine rings is 1. The molecular formula is C21H22N4O4S. The normalized spacial score (nSPS) is 16.5. The summed E-state index contributed by atoms with van der Waals surface area (Å²) < 4.78 is 30.3. The summed E-state index contributed by atoms with van der Waals surface area (Å²) in [7, 11) is -3.24. The van der Waals surface area contributed by atoms with E-state index in [-0.39, 0.29) is 16.9 Å². The molecule has 1 aliphatic rings. The first kappa shape index (κ1) is 20.2. The molecule has 30 heavy (non-hydrogen) atoms. The van der Waals surface area contributed by atoms with E-state index in [0.717, 1.165) is 30.7 Å². The Bertz CT molecular complexity index is 1130. The van der Waals surface area contributed by atoms with Crippen molar-refractivity contribution in [2.75, 3.05) is 19.4 Å². The Balaban J connectivity index is 1.43. The standard InChI is InChI=1S/C21H22N4O4S/c1-30(27,28)19-7-5-17(6-8-19)25-14-16(12-24-25)20-9-4-15(11-22-20)21(26)23-13-18-3-2-10-29-18/h4-9,11-12,14,18H,2-3,10,13H2,1H3,(H,23,26). The summed E-state index contributed by atoms with van der Waals surface area (Å²) in [6.07, 6.45) is 8.28. The topological polar surface area (TPSA) is 103 Å². The second kappa shape index (κ2) is 8.37. The van der Waals surface area contributed by atoms with Crippen molar-refractivity contribution in [2.24, 2.45) is 0 Å². The van der Waals surface area contributed by atoms with Gasteiger partial charge in [-0.15, -0.1) is 0 Å². The minimum Gasteiger partial charge on any atom is -0.376 e. The molecule has 0 aliphatic carbocycles. The molecule has 0 bridgehead atoms. The maximum absolute atomic E-state index is 12.3. The molecular weight excluding hydrogens is 404 g/mol. The zero-order valence-electron chi connectivity index (χ0n) is 16.5. The molecule has 1 aliphatic heterocycles. The van der Waals surface area contributed by atoms with Gasteiger partial charge in [0, 0.05) is 37.4 Å². The molecule has 0 radical (unpaired) electrons. The maximum atomic E-state index is 12.3. The Labute approximate surface area is 174 Å². The van der Waals surface area contributed by atoms with Gasteiger partial charge in [0.15, 0.2) is 9.84 Å². The van der Waals surface area contributed by atoms with Gasteiger partial charge >= 0.3 is 0 Å². The number of hydrogen-bond donors (Lipinski definition) is 1. The fourth-order valence-corrected chi connectivity index (χ4v) is 3.89. The predicted molar refractivity (Wildman–Crippen MR) is 111 cm³/mol. The first-order valence-corrected chi connectivity index (χ1v) is 11.5. The largest absolute Gasteiger partial charge is 0.376 e. The zero-order chi connectivity index (χ0) is 21.1. The van der Waals surface area contributed by atoms with Crippen LogP contribution in [0, 0.1) is 0 Å². The second-order valence-electron chi connectivity index (χ2n) is 7.22. The number of carbonyl (C=O) groups is 1. The van der Waals surface area contributed by atoms with Gasteiger partial charge in [-0.1, -0.05) is 0 Å². The van der Waals surface area contributed by atoms with E-state index in [2.05, 4.69) is 15.4 Å². The van der Waals surface area contributed by atoms with Crippen molar-refractivity contribution in [2.45, 2.75) is 23.8 Å². The highest BCUT2D eigenvalue weighted by molar-refractivity contribution is 7.90. The molecule has 1 N–H and O–H groups in total. The SMILES string of the molecule is CS(=O)(=O)c1ccc(-n2cc(-c3ccc(C(=O)NCC4CCCO4)cn3)cn2)cc1. The molecule has 4 rings (SSSR count). The quantitative estimate of drug-likeness (QED) is 0.648. The average molecular weight is 426 g/mol. The number of nitrogens with one attached hydrogen (secondary N) is 1. The third-order valence-electron chi connectivity index (χ3n) is 4.95. The average Bonchev–Trinajstić information content (AvgIpc) is 3.44. The summed E-state index contributed by atoms with van der Waals surface area (Å²) in [5.41, 5.74) is 2.69. The van der Waals surface area contributed by atoms with Crippen molar-refractivity contribution in [3.05, 3.63) is 60.6 Å². The number of rotatable bonds is 6. The van der Waals surface area contributed by atoms with E-state index in [0.29, 0.717) is 17.8 Å². The van der Waals surface area contributed by atoms with Crippen LogP contribution in [0.1, 0.15) is 23.2 Å². The van der Waals surface area contributed by atoms with Crippen LogP contribution in [0.3, 0.4) is 0 Å². The minimum absolute atomic E-state index is 0.0959. The van der Waals surface area contributed by atoms with E-state index >= 15 is 0 Å². The molecule has 1 unspecified atom stereocenters. The van der Waals surface area contributed by atoms with E-state index < -0.39 is 9.84 Å². The first-order valence-electron chi connectivity index (χ1n) is 9.61. The highest BCUT2D eigenvalue weighted by Gasteiger charge is 2.17. The van der Waals surface area contributed by atoms with Crippen molar-refractivity contribution >= 4 is 15.7 Å². The monoisotopic (exact) mass is 426 g/mol. The Morgan fingerprint density at radius 2 is 2.00 bits per heavy atom. The van der Waals surface area contributed by atoms with Gasteiger partial charge in [0.05, 0.1) is 34.1 Å². The van der Waals surface area contributed by atoms with Gasteiger partial charge < -0.3 is 10.1 Å². The molecule has 9 heteroatoms. The highest BCUT2D eigenvalue weighted by Crippen LogP contribution is 2.19. The van der Waals surface area contributed by atoms with Crippen LogP contribution in [0.2, 0.25) is 0 Å². The third kappa shape index (κ3) is 4.58. The molecule has 3 aromatic rings. The van der Waals surface area contributed by atoms with Crippen molar-refractivity contribution in [1.82, 2.24) is 20.1 Å². The molecule has 1 atom stereocenters. The Hall–Kier alpha value is -3.04. The fourth-order valence-electron chi connectivity index (χ4n) is 3.26. The molecule has 3 heterocycles. The number of aromatic nitrogens is 3. The minimum atomic E-state index is -3.24. The molecule has 0 spiro atoms. The summed E-state index contributed by atoms with van der Waals surface area (Å²) >= 11 is 0. The van der Waals surface area contributed by atoms with Gasteiger partial charge in [-0.3, -0.25) is 9.78 Å². The van der Waals surface area contributed by atoms with Crippen LogP contribution in [-0.2, 0) is 14.6 Å². The fraction of sp³-hybridized carbons (Fsp3) is 0.286. The lowest BCUT2D eigenvalue weighted by Gasteiger charge is -2.10. The molecule has 2 aromatic heterocycles. The van der Waals surface area contributed by atoms with Crippen LogP contribution in [-0.4, -0.2) is 54.6 Å². The highest BCUT2D eigenvalue weighted by atomic mass is 32.2. The van der Waals surface area contributed by atoms with Crippen LogP contribution in [0.5, 0.6) is 0 Å². The maximum Gasteiger partial charge on any atom is 0.252 e. The van der Waals surface area contributed by atoms with Crippen LogP contribution >= 0.6 is 0 Å². The second-order valence-corrected chi connectivity index (χ2v) is 9.23. The first-order chi connectivity index (χ1) is 14.4. The van der Waals surface area contributed by atoms with E-state index in [1.807, 2.05) is 0 Å². The van der Waals surface area contributed by atoms with Crippen LogP contribution in [0.15, 0.2) is 59.9 Å². The summed E-state index contributed by atoms with van der Waals surface area (Å²) in [6.45, 7) is 1.26. The van der Waals surface area contributed by atoms with Gasteiger partial charge in [-0.25, -0.2) is 13.1 Å². The number of sulfone groups is 1. The number of nitrogens with zero attached hydrogens (tertiary/aromatic N) is 3. The van der Waals surface area contributed by atoms with Crippen LogP contribution < -0.4 is 5.32 Å².